The Morgan fingerprint density at radius 3 is 2.10 bits per heavy atom. The van der Waals surface area contributed by atoms with Crippen LogP contribution >= 0.6 is 0 Å². The molecule has 0 saturated carbocycles. The fourth-order valence-electron chi connectivity index (χ4n) is 1.81. The van der Waals surface area contributed by atoms with E-state index in [0.29, 0.717) is 5.56 Å². The number of primary amides is 1. The van der Waals surface area contributed by atoms with Crippen molar-refractivity contribution >= 4 is 17.9 Å². The lowest BCUT2D eigenvalue weighted by Crippen LogP contribution is -2.52. The molecule has 0 aliphatic heterocycles. The molecule has 0 heterocycles. The number of aliphatic carboxylic acids is 1. The first-order valence-electron chi connectivity index (χ1n) is 6.47. The van der Waals surface area contributed by atoms with Gasteiger partial charge in [-0.05, 0) is 11.5 Å². The molecule has 1 aromatic carbocycles. The number of urea groups is 1. The molecule has 0 aliphatic rings. The van der Waals surface area contributed by atoms with Gasteiger partial charge in [0.05, 0.1) is 0 Å². The summed E-state index contributed by atoms with van der Waals surface area (Å²) in [5.74, 6) is -2.07. The van der Waals surface area contributed by atoms with Crippen molar-refractivity contribution in [2.24, 2.45) is 11.7 Å². The van der Waals surface area contributed by atoms with E-state index in [1.807, 2.05) is 0 Å². The monoisotopic (exact) mass is 293 g/mol. The number of carboxylic acid groups (broad SMARTS) is 1. The summed E-state index contributed by atoms with van der Waals surface area (Å²) < 4.78 is 0. The third-order valence-corrected chi connectivity index (χ3v) is 2.92. The number of rotatable bonds is 6. The van der Waals surface area contributed by atoms with Crippen molar-refractivity contribution in [2.45, 2.75) is 25.9 Å². The minimum atomic E-state index is -1.20. The van der Waals surface area contributed by atoms with Crippen LogP contribution in [0.25, 0.3) is 0 Å². The van der Waals surface area contributed by atoms with Gasteiger partial charge in [-0.2, -0.15) is 0 Å². The van der Waals surface area contributed by atoms with Crippen LogP contribution in [0.3, 0.4) is 0 Å². The smallest absolute Gasteiger partial charge is 0.330 e. The third kappa shape index (κ3) is 4.79. The van der Waals surface area contributed by atoms with Crippen LogP contribution in [0.1, 0.15) is 25.5 Å². The van der Waals surface area contributed by atoms with Crippen LogP contribution in [0.5, 0.6) is 0 Å². The van der Waals surface area contributed by atoms with E-state index in [1.165, 1.54) is 0 Å². The van der Waals surface area contributed by atoms with Gasteiger partial charge in [0.2, 0.25) is 5.91 Å². The highest BCUT2D eigenvalue weighted by Crippen LogP contribution is 2.12. The van der Waals surface area contributed by atoms with E-state index < -0.39 is 30.0 Å². The molecule has 0 radical (unpaired) electrons. The highest BCUT2D eigenvalue weighted by Gasteiger charge is 2.26. The zero-order chi connectivity index (χ0) is 16.0. The lowest BCUT2D eigenvalue weighted by atomic mass is 10.0. The average Bonchev–Trinajstić information content (AvgIpc) is 2.42. The van der Waals surface area contributed by atoms with Crippen molar-refractivity contribution in [3.63, 3.8) is 0 Å². The Balaban J connectivity index is 2.79. The van der Waals surface area contributed by atoms with Crippen LogP contribution in [0.2, 0.25) is 0 Å². The number of nitrogens with two attached hydrogens (primary N) is 1. The number of hydrogen-bond acceptors (Lipinski definition) is 3. The van der Waals surface area contributed by atoms with E-state index in [4.69, 9.17) is 5.73 Å². The Bertz CT molecular complexity index is 516. The van der Waals surface area contributed by atoms with Gasteiger partial charge in [0, 0.05) is 0 Å². The zero-order valence-corrected chi connectivity index (χ0v) is 11.9. The predicted molar refractivity (Wildman–Crippen MR) is 76.3 cm³/mol. The number of benzene rings is 1. The molecule has 114 valence electrons. The summed E-state index contributed by atoms with van der Waals surface area (Å²) in [5.41, 5.74) is 5.62. The summed E-state index contributed by atoms with van der Waals surface area (Å²) in [4.78, 5) is 34.3. The molecule has 0 spiro atoms. The molecule has 1 rings (SSSR count). The van der Waals surface area contributed by atoms with Crippen molar-refractivity contribution in [1.29, 1.82) is 0 Å². The van der Waals surface area contributed by atoms with Crippen molar-refractivity contribution in [1.82, 2.24) is 10.6 Å². The van der Waals surface area contributed by atoms with Gasteiger partial charge in [0.1, 0.15) is 6.04 Å². The fraction of sp³-hybridized carbons (Fsp3) is 0.357. The molecule has 1 aromatic rings. The quantitative estimate of drug-likeness (QED) is 0.614. The van der Waals surface area contributed by atoms with Gasteiger partial charge in [-0.3, -0.25) is 4.79 Å². The van der Waals surface area contributed by atoms with Crippen molar-refractivity contribution < 1.29 is 19.5 Å². The Labute approximate surface area is 122 Å². The van der Waals surface area contributed by atoms with E-state index in [0.717, 1.165) is 0 Å². The Morgan fingerprint density at radius 2 is 1.67 bits per heavy atom. The fourth-order valence-corrected chi connectivity index (χ4v) is 1.81. The number of amides is 3. The number of carbonyl (C=O) groups excluding carboxylic acids is 2. The van der Waals surface area contributed by atoms with Crippen LogP contribution in [-0.2, 0) is 9.59 Å². The molecule has 0 saturated heterocycles. The Hall–Kier alpha value is -2.57. The second-order valence-corrected chi connectivity index (χ2v) is 4.92. The third-order valence-electron chi connectivity index (χ3n) is 2.92. The molecule has 21 heavy (non-hydrogen) atoms. The van der Waals surface area contributed by atoms with Crippen LogP contribution < -0.4 is 16.4 Å². The molecule has 0 fully saturated rings. The first kappa shape index (κ1) is 16.5. The summed E-state index contributed by atoms with van der Waals surface area (Å²) in [7, 11) is 0. The predicted octanol–water partition coefficient (Wildman–Crippen LogP) is 0.621. The zero-order valence-electron chi connectivity index (χ0n) is 11.9. The molecule has 7 nitrogen and oxygen atoms in total. The second kappa shape index (κ2) is 7.28. The average molecular weight is 293 g/mol. The molecule has 7 heteroatoms. The Kier molecular flexibility index (Phi) is 5.71. The SMILES string of the molecule is CC(C)C(NC(=O)NC(C(=O)O)c1ccccc1)C(N)=O. The van der Waals surface area contributed by atoms with Gasteiger partial charge in [-0.25, -0.2) is 9.59 Å². The maximum Gasteiger partial charge on any atom is 0.330 e. The van der Waals surface area contributed by atoms with E-state index in [1.54, 1.807) is 44.2 Å². The van der Waals surface area contributed by atoms with Gasteiger partial charge in [-0.1, -0.05) is 44.2 Å². The molecule has 0 aromatic heterocycles. The second-order valence-electron chi connectivity index (χ2n) is 4.92. The van der Waals surface area contributed by atoms with E-state index in [9.17, 15) is 19.5 Å². The topological polar surface area (TPSA) is 122 Å². The minimum absolute atomic E-state index is 0.201. The number of carboxylic acids is 1. The van der Waals surface area contributed by atoms with Crippen molar-refractivity contribution in [3.8, 4) is 0 Å². The van der Waals surface area contributed by atoms with Crippen molar-refractivity contribution in [2.75, 3.05) is 0 Å². The van der Waals surface area contributed by atoms with Crippen LogP contribution in [0.15, 0.2) is 30.3 Å². The molecular formula is C14H19N3O4. The summed E-state index contributed by atoms with van der Waals surface area (Å²) in [6, 6.07) is 5.44. The van der Waals surface area contributed by atoms with Gasteiger partial charge < -0.3 is 21.5 Å². The van der Waals surface area contributed by atoms with Gasteiger partial charge >= 0.3 is 12.0 Å². The minimum Gasteiger partial charge on any atom is -0.479 e. The lowest BCUT2D eigenvalue weighted by molar-refractivity contribution is -0.139. The number of nitrogens with one attached hydrogen (secondary N) is 2. The van der Waals surface area contributed by atoms with Gasteiger partial charge in [0.15, 0.2) is 6.04 Å². The lowest BCUT2D eigenvalue weighted by Gasteiger charge is -2.21. The standard InChI is InChI=1S/C14H19N3O4/c1-8(2)10(12(15)18)16-14(21)17-11(13(19)20)9-6-4-3-5-7-9/h3-8,10-11H,1-2H3,(H2,15,18)(H,19,20)(H2,16,17,21). The van der Waals surface area contributed by atoms with Gasteiger partial charge in [-0.15, -0.1) is 0 Å². The molecule has 2 unspecified atom stereocenters. The Morgan fingerprint density at radius 1 is 1.10 bits per heavy atom. The first-order valence-corrected chi connectivity index (χ1v) is 6.47. The van der Waals surface area contributed by atoms with Crippen LogP contribution in [0.4, 0.5) is 4.79 Å². The molecule has 3 amide bonds. The van der Waals surface area contributed by atoms with E-state index in [2.05, 4.69) is 10.6 Å². The van der Waals surface area contributed by atoms with E-state index in [-0.39, 0.29) is 5.92 Å². The van der Waals surface area contributed by atoms with Crippen molar-refractivity contribution in [3.05, 3.63) is 35.9 Å². The van der Waals surface area contributed by atoms with Gasteiger partial charge in [0.25, 0.3) is 0 Å². The summed E-state index contributed by atoms with van der Waals surface area (Å²) in [5, 5.41) is 13.9. The summed E-state index contributed by atoms with van der Waals surface area (Å²) in [6.45, 7) is 3.45. The summed E-state index contributed by atoms with van der Waals surface area (Å²) >= 11 is 0. The molecule has 2 atom stereocenters. The summed E-state index contributed by atoms with van der Waals surface area (Å²) in [6.07, 6.45) is 0. The normalized spacial score (nSPS) is 13.3. The highest BCUT2D eigenvalue weighted by molar-refractivity contribution is 5.88. The van der Waals surface area contributed by atoms with Crippen LogP contribution in [-0.4, -0.2) is 29.1 Å². The molecule has 5 N–H and O–H groups in total. The molecular weight excluding hydrogens is 274 g/mol. The molecule has 0 aliphatic carbocycles. The molecule has 0 bridgehead atoms. The number of hydrogen-bond donors (Lipinski definition) is 4. The maximum absolute atomic E-state index is 11.9. The number of carbonyl (C=O) groups is 3. The first-order chi connectivity index (χ1) is 9.82. The van der Waals surface area contributed by atoms with E-state index >= 15 is 0 Å². The largest absolute Gasteiger partial charge is 0.479 e. The van der Waals surface area contributed by atoms with Crippen LogP contribution in [0, 0.1) is 5.92 Å². The maximum atomic E-state index is 11.9. The highest BCUT2D eigenvalue weighted by atomic mass is 16.4.